The first-order valence-corrected chi connectivity index (χ1v) is 11.3. The van der Waals surface area contributed by atoms with Gasteiger partial charge in [0, 0.05) is 24.5 Å². The smallest absolute Gasteiger partial charge is 0.235 e. The Morgan fingerprint density at radius 2 is 1.97 bits per heavy atom. The van der Waals surface area contributed by atoms with Gasteiger partial charge in [0.15, 0.2) is 0 Å². The number of methoxy groups -OCH3 is 1. The van der Waals surface area contributed by atoms with Crippen LogP contribution >= 0.6 is 0 Å². The number of nitrogens with zero attached hydrogens (tertiary/aromatic N) is 2. The number of ketones is 1. The van der Waals surface area contributed by atoms with E-state index in [4.69, 9.17) is 10.5 Å². The molecule has 8 nitrogen and oxygen atoms in total. The van der Waals surface area contributed by atoms with E-state index < -0.39 is 21.6 Å². The number of allylic oxidation sites excluding steroid dienone is 1. The molecule has 1 aromatic heterocycles. The van der Waals surface area contributed by atoms with Crippen molar-refractivity contribution in [2.45, 2.75) is 25.8 Å². The van der Waals surface area contributed by atoms with Crippen LogP contribution < -0.4 is 15.8 Å². The molecule has 0 bridgehead atoms. The van der Waals surface area contributed by atoms with Crippen LogP contribution in [0.4, 0.5) is 16.0 Å². The van der Waals surface area contributed by atoms with E-state index in [1.807, 2.05) is 0 Å². The Bertz CT molecular complexity index is 1100. The first-order chi connectivity index (χ1) is 14.7. The first kappa shape index (κ1) is 22.7. The van der Waals surface area contributed by atoms with E-state index in [2.05, 4.69) is 10.3 Å². The van der Waals surface area contributed by atoms with E-state index in [0.29, 0.717) is 31.7 Å². The monoisotopic (exact) mass is 448 g/mol. The molecule has 2 aromatic rings. The van der Waals surface area contributed by atoms with E-state index in [0.717, 1.165) is 6.07 Å². The summed E-state index contributed by atoms with van der Waals surface area (Å²) in [5, 5.41) is 4.44. The Labute approximate surface area is 181 Å². The molecule has 3 rings (SSSR count). The molecule has 0 radical (unpaired) electrons. The number of nitrogens with one attached hydrogen (secondary N) is 1. The van der Waals surface area contributed by atoms with Gasteiger partial charge in [0.1, 0.15) is 23.2 Å². The van der Waals surface area contributed by atoms with Gasteiger partial charge in [-0.25, -0.2) is 17.8 Å². The molecule has 1 aliphatic rings. The molecule has 0 aliphatic carbocycles. The quantitative estimate of drug-likeness (QED) is 0.626. The zero-order chi connectivity index (χ0) is 22.6. The van der Waals surface area contributed by atoms with E-state index in [9.17, 15) is 17.6 Å². The molecule has 1 aliphatic heterocycles. The van der Waals surface area contributed by atoms with Gasteiger partial charge in [-0.2, -0.15) is 4.31 Å². The SMILES string of the molecule is C/C=C/S(=O)(=O)N1CCC(Nc2ccc(C(=O)c3cc(F)ccc3OC)c(N)n2)CC1. The number of carbonyl (C=O) groups excluding carboxylic acids is 1. The summed E-state index contributed by atoms with van der Waals surface area (Å²) in [4.78, 5) is 17.1. The number of benzene rings is 1. The highest BCUT2D eigenvalue weighted by Crippen LogP contribution is 2.26. The van der Waals surface area contributed by atoms with Gasteiger partial charge in [0.2, 0.25) is 15.8 Å². The van der Waals surface area contributed by atoms with Crippen molar-refractivity contribution in [1.29, 1.82) is 0 Å². The summed E-state index contributed by atoms with van der Waals surface area (Å²) in [5.41, 5.74) is 6.21. The summed E-state index contributed by atoms with van der Waals surface area (Å²) in [6.45, 7) is 2.46. The predicted octanol–water partition coefficient (Wildman–Crippen LogP) is 2.78. The minimum atomic E-state index is -3.37. The average Bonchev–Trinajstić information content (AvgIpc) is 2.74. The van der Waals surface area contributed by atoms with Crippen LogP contribution in [0, 0.1) is 5.82 Å². The normalized spacial score (nSPS) is 15.8. The van der Waals surface area contributed by atoms with E-state index in [-0.39, 0.29) is 28.7 Å². The van der Waals surface area contributed by atoms with Gasteiger partial charge < -0.3 is 15.8 Å². The molecule has 31 heavy (non-hydrogen) atoms. The number of carbonyl (C=O) groups is 1. The second-order valence-corrected chi connectivity index (χ2v) is 8.95. The lowest BCUT2D eigenvalue weighted by molar-refractivity contribution is 0.103. The zero-order valence-electron chi connectivity index (χ0n) is 17.3. The predicted molar refractivity (Wildman–Crippen MR) is 117 cm³/mol. The van der Waals surface area contributed by atoms with Crippen LogP contribution in [-0.4, -0.2) is 49.7 Å². The molecule has 0 unspecified atom stereocenters. The summed E-state index contributed by atoms with van der Waals surface area (Å²) in [5.74, 6) is -0.316. The number of sulfonamides is 1. The molecule has 2 heterocycles. The van der Waals surface area contributed by atoms with Gasteiger partial charge in [0.25, 0.3) is 0 Å². The summed E-state index contributed by atoms with van der Waals surface area (Å²) in [6, 6.07) is 6.86. The lowest BCUT2D eigenvalue weighted by atomic mass is 10.0. The molecular formula is C21H25FN4O4S. The van der Waals surface area contributed by atoms with Gasteiger partial charge in [0.05, 0.1) is 18.2 Å². The third kappa shape index (κ3) is 5.20. The van der Waals surface area contributed by atoms with E-state index >= 15 is 0 Å². The molecule has 166 valence electrons. The number of pyridine rings is 1. The van der Waals surface area contributed by atoms with Crippen LogP contribution in [0.25, 0.3) is 0 Å². The van der Waals surface area contributed by atoms with Gasteiger partial charge in [-0.05, 0) is 50.1 Å². The third-order valence-corrected chi connectivity index (χ3v) is 6.75. The Hall–Kier alpha value is -2.98. The number of anilines is 2. The molecule has 10 heteroatoms. The summed E-state index contributed by atoms with van der Waals surface area (Å²) in [7, 11) is -1.98. The lowest BCUT2D eigenvalue weighted by Crippen LogP contribution is -2.41. The fraction of sp³-hybridized carbons (Fsp3) is 0.333. The van der Waals surface area contributed by atoms with Crippen molar-refractivity contribution < 1.29 is 22.3 Å². The van der Waals surface area contributed by atoms with Crippen LogP contribution in [0.2, 0.25) is 0 Å². The zero-order valence-corrected chi connectivity index (χ0v) is 18.2. The second kappa shape index (κ2) is 9.44. The fourth-order valence-corrected chi connectivity index (χ4v) is 4.71. The Balaban J connectivity index is 1.70. The summed E-state index contributed by atoms with van der Waals surface area (Å²) in [6.07, 6.45) is 2.73. The van der Waals surface area contributed by atoms with Crippen LogP contribution in [0.3, 0.4) is 0 Å². The van der Waals surface area contributed by atoms with Gasteiger partial charge >= 0.3 is 0 Å². The van der Waals surface area contributed by atoms with E-state index in [1.165, 1.54) is 41.1 Å². The van der Waals surface area contributed by atoms with Crippen LogP contribution in [0.15, 0.2) is 41.8 Å². The summed E-state index contributed by atoms with van der Waals surface area (Å²) < 4.78 is 44.4. The number of nitrogens with two attached hydrogens (primary N) is 1. The number of rotatable bonds is 7. The minimum absolute atomic E-state index is 0.00871. The van der Waals surface area contributed by atoms with Gasteiger partial charge in [-0.15, -0.1) is 0 Å². The minimum Gasteiger partial charge on any atom is -0.496 e. The van der Waals surface area contributed by atoms with E-state index in [1.54, 1.807) is 13.0 Å². The number of halogens is 1. The Kier molecular flexibility index (Phi) is 6.91. The maximum Gasteiger partial charge on any atom is 0.235 e. The summed E-state index contributed by atoms with van der Waals surface area (Å²) >= 11 is 0. The number of aromatic nitrogens is 1. The molecular weight excluding hydrogens is 423 g/mol. The Morgan fingerprint density at radius 3 is 2.58 bits per heavy atom. The third-order valence-electron chi connectivity index (χ3n) is 5.05. The highest BCUT2D eigenvalue weighted by Gasteiger charge is 2.26. The van der Waals surface area contributed by atoms with Gasteiger partial charge in [-0.1, -0.05) is 6.08 Å². The number of hydrogen-bond acceptors (Lipinski definition) is 7. The topological polar surface area (TPSA) is 115 Å². The molecule has 0 saturated carbocycles. The number of ether oxygens (including phenoxy) is 1. The molecule has 1 fully saturated rings. The number of nitrogen functional groups attached to an aromatic ring is 1. The number of hydrogen-bond donors (Lipinski definition) is 2. The van der Waals surface area contributed by atoms with Crippen molar-refractivity contribution in [2.24, 2.45) is 0 Å². The van der Waals surface area contributed by atoms with Crippen LogP contribution in [0.5, 0.6) is 5.75 Å². The van der Waals surface area contributed by atoms with Crippen molar-refractivity contribution >= 4 is 27.4 Å². The van der Waals surface area contributed by atoms with Crippen molar-refractivity contribution in [3.8, 4) is 5.75 Å². The molecule has 1 saturated heterocycles. The second-order valence-electron chi connectivity index (χ2n) is 7.14. The lowest BCUT2D eigenvalue weighted by Gasteiger charge is -2.31. The van der Waals surface area contributed by atoms with Gasteiger partial charge in [-0.3, -0.25) is 4.79 Å². The van der Waals surface area contributed by atoms with Crippen LogP contribution in [0.1, 0.15) is 35.7 Å². The molecule has 0 amide bonds. The highest BCUT2D eigenvalue weighted by atomic mass is 32.2. The maximum atomic E-state index is 13.6. The molecule has 0 spiro atoms. The maximum absolute atomic E-state index is 13.6. The standard InChI is InChI=1S/C21H25FN4O4S/c1-3-12-31(28,29)26-10-8-15(9-11-26)24-19-7-5-16(21(23)25-19)20(27)17-13-14(22)4-6-18(17)30-2/h3-7,12-13,15H,8-11H2,1-2H3,(H3,23,24,25)/b12-3+. The van der Waals surface area contributed by atoms with Crippen LogP contribution in [-0.2, 0) is 10.0 Å². The average molecular weight is 449 g/mol. The molecule has 3 N–H and O–H groups in total. The molecule has 1 aromatic carbocycles. The van der Waals surface area contributed by atoms with Crippen molar-refractivity contribution in [1.82, 2.24) is 9.29 Å². The largest absolute Gasteiger partial charge is 0.496 e. The Morgan fingerprint density at radius 1 is 1.26 bits per heavy atom. The number of piperidine rings is 1. The first-order valence-electron chi connectivity index (χ1n) is 9.79. The molecule has 0 atom stereocenters. The van der Waals surface area contributed by atoms with Crippen molar-refractivity contribution in [2.75, 3.05) is 31.2 Å². The van der Waals surface area contributed by atoms with Crippen molar-refractivity contribution in [3.63, 3.8) is 0 Å². The fourth-order valence-electron chi connectivity index (χ4n) is 3.47. The highest BCUT2D eigenvalue weighted by molar-refractivity contribution is 7.92. The van der Waals surface area contributed by atoms with Crippen molar-refractivity contribution in [3.05, 3.63) is 58.8 Å².